The van der Waals surface area contributed by atoms with Crippen LogP contribution in [0, 0.1) is 0 Å². The molecule has 0 bridgehead atoms. The van der Waals surface area contributed by atoms with Gasteiger partial charge in [0, 0.05) is 42.7 Å². The second-order valence-electron chi connectivity index (χ2n) is 5.67. The van der Waals surface area contributed by atoms with Crippen molar-refractivity contribution < 1.29 is 9.21 Å². The molecule has 1 saturated heterocycles. The standard InChI is InChI=1S/C16H17N5O2S/c17-13-12-10(9-1-6-23-8-9)7-11(21-4-2-19-3-5-21)20-16(12)24-14(13)15(18)22/h1,6-8,19H,2-5,17H2,(H2,18,22). The van der Waals surface area contributed by atoms with Crippen LogP contribution in [0.2, 0.25) is 0 Å². The molecule has 24 heavy (non-hydrogen) atoms. The monoisotopic (exact) mass is 343 g/mol. The van der Waals surface area contributed by atoms with Crippen molar-refractivity contribution in [3.63, 3.8) is 0 Å². The van der Waals surface area contributed by atoms with Gasteiger partial charge in [0.15, 0.2) is 0 Å². The fourth-order valence-corrected chi connectivity index (χ4v) is 3.96. The van der Waals surface area contributed by atoms with Gasteiger partial charge in [0.25, 0.3) is 5.91 Å². The first-order valence-electron chi connectivity index (χ1n) is 7.66. The summed E-state index contributed by atoms with van der Waals surface area (Å²) in [6.07, 6.45) is 3.28. The molecule has 1 aliphatic heterocycles. The summed E-state index contributed by atoms with van der Waals surface area (Å²) in [6.45, 7) is 3.60. The van der Waals surface area contributed by atoms with Gasteiger partial charge in [0.05, 0.1) is 18.2 Å². The van der Waals surface area contributed by atoms with Gasteiger partial charge in [-0.15, -0.1) is 11.3 Å². The number of nitrogens with two attached hydrogens (primary N) is 2. The van der Waals surface area contributed by atoms with Crippen molar-refractivity contribution in [2.24, 2.45) is 5.73 Å². The summed E-state index contributed by atoms with van der Waals surface area (Å²) in [5, 5.41) is 4.09. The minimum atomic E-state index is -0.530. The zero-order valence-corrected chi connectivity index (χ0v) is 13.7. The Morgan fingerprint density at radius 1 is 1.38 bits per heavy atom. The lowest BCUT2D eigenvalue weighted by atomic mass is 10.0. The highest BCUT2D eigenvalue weighted by Crippen LogP contribution is 2.41. The first-order chi connectivity index (χ1) is 11.6. The maximum atomic E-state index is 11.7. The number of thiophene rings is 1. The van der Waals surface area contributed by atoms with Gasteiger partial charge < -0.3 is 26.1 Å². The van der Waals surface area contributed by atoms with Crippen LogP contribution in [0.4, 0.5) is 11.5 Å². The molecule has 3 aromatic heterocycles. The smallest absolute Gasteiger partial charge is 0.260 e. The van der Waals surface area contributed by atoms with Crippen LogP contribution in [0.15, 0.2) is 29.1 Å². The number of hydrogen-bond donors (Lipinski definition) is 3. The lowest BCUT2D eigenvalue weighted by Gasteiger charge is -2.28. The van der Waals surface area contributed by atoms with E-state index in [-0.39, 0.29) is 0 Å². The molecule has 0 radical (unpaired) electrons. The number of primary amides is 1. The van der Waals surface area contributed by atoms with Crippen molar-refractivity contribution in [2.75, 3.05) is 36.8 Å². The quantitative estimate of drug-likeness (QED) is 0.667. The van der Waals surface area contributed by atoms with E-state index in [4.69, 9.17) is 20.9 Å². The highest BCUT2D eigenvalue weighted by atomic mass is 32.1. The van der Waals surface area contributed by atoms with E-state index >= 15 is 0 Å². The summed E-state index contributed by atoms with van der Waals surface area (Å²) >= 11 is 1.24. The topological polar surface area (TPSA) is 110 Å². The lowest BCUT2D eigenvalue weighted by Crippen LogP contribution is -2.43. The maximum Gasteiger partial charge on any atom is 0.260 e. The second-order valence-corrected chi connectivity index (χ2v) is 6.67. The molecule has 4 rings (SSSR count). The van der Waals surface area contributed by atoms with Crippen LogP contribution in [0.1, 0.15) is 9.67 Å². The molecule has 124 valence electrons. The van der Waals surface area contributed by atoms with Crippen molar-refractivity contribution in [2.45, 2.75) is 0 Å². The van der Waals surface area contributed by atoms with E-state index in [2.05, 4.69) is 10.2 Å². The van der Waals surface area contributed by atoms with Crippen LogP contribution < -0.4 is 21.7 Å². The highest BCUT2D eigenvalue weighted by Gasteiger charge is 2.22. The SMILES string of the molecule is NC(=O)c1sc2nc(N3CCNCC3)cc(-c3ccoc3)c2c1N. The summed E-state index contributed by atoms with van der Waals surface area (Å²) in [5.74, 6) is 0.342. The normalized spacial score (nSPS) is 15.1. The van der Waals surface area contributed by atoms with Gasteiger partial charge in [-0.05, 0) is 12.1 Å². The van der Waals surface area contributed by atoms with E-state index in [9.17, 15) is 4.79 Å². The van der Waals surface area contributed by atoms with E-state index in [1.165, 1.54) is 11.3 Å². The van der Waals surface area contributed by atoms with E-state index < -0.39 is 5.91 Å². The fourth-order valence-electron chi connectivity index (χ4n) is 2.99. The summed E-state index contributed by atoms with van der Waals surface area (Å²) in [6, 6.07) is 3.88. The number of hydrogen-bond acceptors (Lipinski definition) is 7. The zero-order chi connectivity index (χ0) is 16.7. The van der Waals surface area contributed by atoms with Gasteiger partial charge in [-0.1, -0.05) is 0 Å². The number of nitrogen functional groups attached to an aromatic ring is 1. The second kappa shape index (κ2) is 5.81. The van der Waals surface area contributed by atoms with E-state index in [0.29, 0.717) is 15.4 Å². The average molecular weight is 343 g/mol. The third-order valence-electron chi connectivity index (χ3n) is 4.18. The molecule has 0 aliphatic carbocycles. The molecule has 0 atom stereocenters. The van der Waals surface area contributed by atoms with Gasteiger partial charge in [0.2, 0.25) is 0 Å². The van der Waals surface area contributed by atoms with Crippen molar-refractivity contribution in [3.05, 3.63) is 29.5 Å². The van der Waals surface area contributed by atoms with Gasteiger partial charge in [-0.2, -0.15) is 0 Å². The Balaban J connectivity index is 1.95. The van der Waals surface area contributed by atoms with Crippen LogP contribution in [0.25, 0.3) is 21.3 Å². The van der Waals surface area contributed by atoms with E-state index in [1.54, 1.807) is 12.5 Å². The molecule has 1 aliphatic rings. The molecular formula is C16H17N5O2S. The van der Waals surface area contributed by atoms with Gasteiger partial charge in [0.1, 0.15) is 15.5 Å². The Labute approximate surface area is 142 Å². The van der Waals surface area contributed by atoms with Crippen molar-refractivity contribution in [3.8, 4) is 11.1 Å². The minimum Gasteiger partial charge on any atom is -0.472 e. The Morgan fingerprint density at radius 2 is 2.17 bits per heavy atom. The number of fused-ring (bicyclic) bond motifs is 1. The predicted octanol–water partition coefficient (Wildman–Crippen LogP) is 1.65. The summed E-state index contributed by atoms with van der Waals surface area (Å²) < 4.78 is 5.22. The number of carbonyl (C=O) groups is 1. The van der Waals surface area contributed by atoms with Crippen molar-refractivity contribution in [1.82, 2.24) is 10.3 Å². The summed E-state index contributed by atoms with van der Waals surface area (Å²) in [7, 11) is 0. The number of amides is 1. The maximum absolute atomic E-state index is 11.7. The van der Waals surface area contributed by atoms with Gasteiger partial charge in [-0.25, -0.2) is 4.98 Å². The number of nitrogens with zero attached hydrogens (tertiary/aromatic N) is 2. The zero-order valence-electron chi connectivity index (χ0n) is 12.9. The largest absolute Gasteiger partial charge is 0.472 e. The predicted molar refractivity (Wildman–Crippen MR) is 95.3 cm³/mol. The first kappa shape index (κ1) is 15.0. The number of carbonyl (C=O) groups excluding carboxylic acids is 1. The Hall–Kier alpha value is -2.58. The van der Waals surface area contributed by atoms with E-state index in [0.717, 1.165) is 48.5 Å². The van der Waals surface area contributed by atoms with Crippen LogP contribution in [0.3, 0.4) is 0 Å². The molecule has 1 fully saturated rings. The number of furan rings is 1. The molecule has 0 saturated carbocycles. The van der Waals surface area contributed by atoms with Crippen LogP contribution in [-0.2, 0) is 0 Å². The number of rotatable bonds is 3. The van der Waals surface area contributed by atoms with Crippen LogP contribution in [-0.4, -0.2) is 37.1 Å². The number of nitrogens with one attached hydrogen (secondary N) is 1. The van der Waals surface area contributed by atoms with Crippen LogP contribution in [0.5, 0.6) is 0 Å². The molecule has 3 aromatic rings. The molecule has 0 unspecified atom stereocenters. The molecule has 8 heteroatoms. The van der Waals surface area contributed by atoms with Crippen molar-refractivity contribution >= 4 is 39.0 Å². The Kier molecular flexibility index (Phi) is 3.62. The summed E-state index contributed by atoms with van der Waals surface area (Å²) in [5.41, 5.74) is 13.8. The molecular weight excluding hydrogens is 326 g/mol. The molecule has 5 N–H and O–H groups in total. The average Bonchev–Trinajstić information content (AvgIpc) is 3.23. The third-order valence-corrected chi connectivity index (χ3v) is 5.30. The molecule has 4 heterocycles. The highest BCUT2D eigenvalue weighted by molar-refractivity contribution is 7.21. The number of pyridine rings is 1. The number of anilines is 2. The first-order valence-corrected chi connectivity index (χ1v) is 8.48. The Morgan fingerprint density at radius 3 is 2.83 bits per heavy atom. The molecule has 0 spiro atoms. The molecule has 0 aromatic carbocycles. The van der Waals surface area contributed by atoms with Gasteiger partial charge in [-0.3, -0.25) is 4.79 Å². The van der Waals surface area contributed by atoms with Crippen molar-refractivity contribution in [1.29, 1.82) is 0 Å². The minimum absolute atomic E-state index is 0.347. The van der Waals surface area contributed by atoms with Gasteiger partial charge >= 0.3 is 0 Å². The molecule has 7 nitrogen and oxygen atoms in total. The number of aromatic nitrogens is 1. The molecule has 1 amide bonds. The third kappa shape index (κ3) is 2.40. The fraction of sp³-hybridized carbons (Fsp3) is 0.250. The Bertz CT molecular complexity index is 897. The van der Waals surface area contributed by atoms with E-state index in [1.807, 2.05) is 12.1 Å². The lowest BCUT2D eigenvalue weighted by molar-refractivity contribution is 0.100. The van der Waals surface area contributed by atoms with Crippen LogP contribution >= 0.6 is 11.3 Å². The summed E-state index contributed by atoms with van der Waals surface area (Å²) in [4.78, 5) is 19.7. The number of piperazine rings is 1.